The van der Waals surface area contributed by atoms with E-state index in [0.29, 0.717) is 18.7 Å². The Morgan fingerprint density at radius 3 is 2.83 bits per heavy atom. The molecule has 0 aromatic rings. The molecule has 1 aliphatic rings. The molecule has 9 nitrogen and oxygen atoms in total. The largest absolute Gasteiger partial charge is 0.445 e. The van der Waals surface area contributed by atoms with Crippen molar-refractivity contribution in [3.8, 4) is 0 Å². The van der Waals surface area contributed by atoms with Crippen LogP contribution in [0.25, 0.3) is 0 Å². The van der Waals surface area contributed by atoms with Gasteiger partial charge < -0.3 is 9.57 Å². The first-order chi connectivity index (χ1) is 10.8. The van der Waals surface area contributed by atoms with E-state index in [9.17, 15) is 13.2 Å². The van der Waals surface area contributed by atoms with Crippen molar-refractivity contribution in [1.29, 1.82) is 0 Å². The highest BCUT2D eigenvalue weighted by Gasteiger charge is 2.38. The molecule has 1 heterocycles. The zero-order chi connectivity index (χ0) is 17.5. The second-order valence-electron chi connectivity index (χ2n) is 4.72. The number of thiol groups is 1. The van der Waals surface area contributed by atoms with Gasteiger partial charge in [-0.3, -0.25) is 4.90 Å². The zero-order valence-corrected chi connectivity index (χ0v) is 14.8. The van der Waals surface area contributed by atoms with Crippen LogP contribution in [0.2, 0.25) is 0 Å². The lowest BCUT2D eigenvalue weighted by molar-refractivity contribution is 0.115. The van der Waals surface area contributed by atoms with Gasteiger partial charge in [-0.15, -0.1) is 0 Å². The molecule has 2 N–H and O–H groups in total. The van der Waals surface area contributed by atoms with Crippen LogP contribution in [0.3, 0.4) is 0 Å². The lowest BCUT2D eigenvalue weighted by Crippen LogP contribution is -2.46. The standard InChI is InChI=1S/C12H22N4O5S2/c1-4-5-21-12(17)16-8-9(22)6-11(16)10(15-20-3)7-14-23(18,19)13-2/h4,9,11,13-14,22H,1,5-8H2,2-3H3/b15-10+/t9-,11-/m0/s1. The van der Waals surface area contributed by atoms with Gasteiger partial charge in [-0.2, -0.15) is 25.8 Å². The van der Waals surface area contributed by atoms with Crippen LogP contribution >= 0.6 is 12.6 Å². The summed E-state index contributed by atoms with van der Waals surface area (Å²) in [5, 5.41) is 3.78. The van der Waals surface area contributed by atoms with E-state index in [0.717, 1.165) is 0 Å². The third-order valence-corrected chi connectivity index (χ3v) is 4.58. The van der Waals surface area contributed by atoms with Crippen molar-refractivity contribution in [2.75, 3.05) is 33.9 Å². The Morgan fingerprint density at radius 2 is 2.26 bits per heavy atom. The molecule has 0 saturated carbocycles. The third kappa shape index (κ3) is 6.01. The first-order valence-electron chi connectivity index (χ1n) is 6.85. The highest BCUT2D eigenvalue weighted by Crippen LogP contribution is 2.24. The molecule has 0 bridgehead atoms. The molecule has 1 fully saturated rings. The van der Waals surface area contributed by atoms with Gasteiger partial charge in [-0.05, 0) is 6.42 Å². The summed E-state index contributed by atoms with van der Waals surface area (Å²) in [4.78, 5) is 18.3. The summed E-state index contributed by atoms with van der Waals surface area (Å²) >= 11 is 4.39. The summed E-state index contributed by atoms with van der Waals surface area (Å²) in [6.07, 6.45) is 1.44. The van der Waals surface area contributed by atoms with Crippen molar-refractivity contribution in [3.63, 3.8) is 0 Å². The SMILES string of the molecule is C=CCOC(=O)N1C[C@@H](S)C[C@H]1/C(CNS(=O)(=O)NC)=N/OC. The molecule has 1 aliphatic heterocycles. The van der Waals surface area contributed by atoms with Gasteiger partial charge in [0.1, 0.15) is 13.7 Å². The van der Waals surface area contributed by atoms with Gasteiger partial charge in [-0.25, -0.2) is 9.52 Å². The average molecular weight is 366 g/mol. The smallest absolute Gasteiger partial charge is 0.410 e. The van der Waals surface area contributed by atoms with Crippen LogP contribution in [0.5, 0.6) is 0 Å². The molecule has 1 saturated heterocycles. The fraction of sp³-hybridized carbons (Fsp3) is 0.667. The third-order valence-electron chi connectivity index (χ3n) is 3.14. The molecular weight excluding hydrogens is 344 g/mol. The monoisotopic (exact) mass is 366 g/mol. The quantitative estimate of drug-likeness (QED) is 0.237. The molecule has 0 aromatic carbocycles. The van der Waals surface area contributed by atoms with E-state index >= 15 is 0 Å². The number of carbonyl (C=O) groups is 1. The summed E-state index contributed by atoms with van der Waals surface area (Å²) < 4.78 is 32.5. The Labute approximate surface area is 141 Å². The Morgan fingerprint density at radius 1 is 1.57 bits per heavy atom. The molecule has 0 radical (unpaired) electrons. The number of hydrogen-bond acceptors (Lipinski definition) is 7. The molecule has 0 aromatic heterocycles. The van der Waals surface area contributed by atoms with E-state index in [2.05, 4.69) is 33.8 Å². The van der Waals surface area contributed by atoms with Crippen LogP contribution in [0.15, 0.2) is 17.8 Å². The minimum absolute atomic E-state index is 0.0701. The number of ether oxygens (including phenoxy) is 1. The second kappa shape index (κ2) is 9.11. The van der Waals surface area contributed by atoms with E-state index < -0.39 is 22.3 Å². The summed E-state index contributed by atoms with van der Waals surface area (Å²) in [6.45, 7) is 3.83. The van der Waals surface area contributed by atoms with Gasteiger partial charge in [0.15, 0.2) is 0 Å². The van der Waals surface area contributed by atoms with Crippen molar-refractivity contribution < 1.29 is 22.8 Å². The Kier molecular flexibility index (Phi) is 7.82. The molecule has 0 aliphatic carbocycles. The fourth-order valence-electron chi connectivity index (χ4n) is 2.11. The maximum atomic E-state index is 12.1. The number of hydrogen-bond donors (Lipinski definition) is 3. The molecule has 2 atom stereocenters. The summed E-state index contributed by atoms with van der Waals surface area (Å²) in [6, 6.07) is -0.464. The van der Waals surface area contributed by atoms with Crippen LogP contribution in [0.1, 0.15) is 6.42 Å². The molecule has 0 unspecified atom stereocenters. The van der Waals surface area contributed by atoms with E-state index in [-0.39, 0.29) is 18.4 Å². The fourth-order valence-corrected chi connectivity index (χ4v) is 2.97. The number of rotatable bonds is 8. The number of carbonyl (C=O) groups excluding carboxylic acids is 1. The van der Waals surface area contributed by atoms with Crippen LogP contribution in [-0.4, -0.2) is 70.3 Å². The van der Waals surface area contributed by atoms with Gasteiger partial charge in [0.2, 0.25) is 0 Å². The van der Waals surface area contributed by atoms with Crippen molar-refractivity contribution in [2.45, 2.75) is 17.7 Å². The van der Waals surface area contributed by atoms with E-state index in [4.69, 9.17) is 9.57 Å². The minimum Gasteiger partial charge on any atom is -0.445 e. The zero-order valence-electron chi connectivity index (χ0n) is 13.1. The molecule has 23 heavy (non-hydrogen) atoms. The van der Waals surface area contributed by atoms with E-state index in [1.807, 2.05) is 0 Å². The molecule has 1 rings (SSSR count). The molecule has 0 spiro atoms. The van der Waals surface area contributed by atoms with Gasteiger partial charge in [0, 0.05) is 18.8 Å². The van der Waals surface area contributed by atoms with Gasteiger partial charge >= 0.3 is 6.09 Å². The first kappa shape index (κ1) is 19.7. The topological polar surface area (TPSA) is 109 Å². The number of likely N-dealkylation sites (tertiary alicyclic amines) is 1. The summed E-state index contributed by atoms with van der Waals surface area (Å²) in [5.41, 5.74) is 0.360. The number of nitrogens with zero attached hydrogens (tertiary/aromatic N) is 2. The number of amides is 1. The lowest BCUT2D eigenvalue weighted by Gasteiger charge is -2.24. The predicted octanol–water partition coefficient (Wildman–Crippen LogP) is -0.262. The highest BCUT2D eigenvalue weighted by atomic mass is 32.2. The maximum Gasteiger partial charge on any atom is 0.410 e. The second-order valence-corrected chi connectivity index (χ2v) is 7.15. The van der Waals surface area contributed by atoms with Crippen LogP contribution < -0.4 is 9.44 Å². The maximum absolute atomic E-state index is 12.1. The molecular formula is C12H22N4O5S2. The van der Waals surface area contributed by atoms with Gasteiger partial charge in [-0.1, -0.05) is 17.8 Å². The normalized spacial score (nSPS) is 22.0. The van der Waals surface area contributed by atoms with Crippen LogP contribution in [0.4, 0.5) is 4.79 Å². The van der Waals surface area contributed by atoms with E-state index in [1.54, 1.807) is 0 Å². The minimum atomic E-state index is -3.63. The van der Waals surface area contributed by atoms with Gasteiger partial charge in [0.25, 0.3) is 10.2 Å². The van der Waals surface area contributed by atoms with Crippen molar-refractivity contribution >= 4 is 34.6 Å². The number of nitrogens with one attached hydrogen (secondary N) is 2. The Hall–Kier alpha value is -1.30. The van der Waals surface area contributed by atoms with Crippen molar-refractivity contribution in [1.82, 2.24) is 14.3 Å². The summed E-state index contributed by atoms with van der Waals surface area (Å²) in [7, 11) is -0.999. The van der Waals surface area contributed by atoms with Gasteiger partial charge in [0.05, 0.1) is 18.3 Å². The highest BCUT2D eigenvalue weighted by molar-refractivity contribution is 7.87. The molecule has 11 heteroatoms. The van der Waals surface area contributed by atoms with Crippen LogP contribution in [-0.2, 0) is 19.8 Å². The lowest BCUT2D eigenvalue weighted by atomic mass is 10.1. The van der Waals surface area contributed by atoms with Crippen LogP contribution in [0, 0.1) is 0 Å². The number of oxime groups is 1. The molecule has 1 amide bonds. The summed E-state index contributed by atoms with van der Waals surface area (Å²) in [5.74, 6) is 0. The average Bonchev–Trinajstić information content (AvgIpc) is 2.91. The van der Waals surface area contributed by atoms with E-state index in [1.165, 1.54) is 25.1 Å². The Bertz CT molecular complexity index is 552. The van der Waals surface area contributed by atoms with Crippen molar-refractivity contribution in [2.24, 2.45) is 5.16 Å². The predicted molar refractivity (Wildman–Crippen MR) is 89.9 cm³/mol. The Balaban J connectivity index is 2.88. The van der Waals surface area contributed by atoms with Crippen molar-refractivity contribution in [3.05, 3.63) is 12.7 Å². The first-order valence-corrected chi connectivity index (χ1v) is 8.85. The molecule has 132 valence electrons.